The Bertz CT molecular complexity index is 686. The van der Waals surface area contributed by atoms with Gasteiger partial charge in [0.15, 0.2) is 11.5 Å². The van der Waals surface area contributed by atoms with E-state index >= 15 is 0 Å². The van der Waals surface area contributed by atoms with E-state index in [9.17, 15) is 10.1 Å². The highest BCUT2D eigenvalue weighted by molar-refractivity contribution is 5.43. The van der Waals surface area contributed by atoms with Crippen LogP contribution in [-0.4, -0.2) is 30.6 Å². The third-order valence-corrected chi connectivity index (χ3v) is 3.58. The third-order valence-electron chi connectivity index (χ3n) is 3.58. The zero-order valence-electron chi connectivity index (χ0n) is 14.2. The molecule has 24 heavy (non-hydrogen) atoms. The van der Waals surface area contributed by atoms with Gasteiger partial charge in [-0.3, -0.25) is 15.0 Å². The minimum atomic E-state index is -0.389. The third kappa shape index (κ3) is 4.70. The van der Waals surface area contributed by atoms with E-state index in [0.717, 1.165) is 29.2 Å². The van der Waals surface area contributed by atoms with Crippen LogP contribution in [0.4, 0.5) is 5.69 Å². The minimum Gasteiger partial charge on any atom is -0.493 e. The van der Waals surface area contributed by atoms with Gasteiger partial charge in [-0.1, -0.05) is 18.2 Å². The Balaban J connectivity index is 2.01. The van der Waals surface area contributed by atoms with Crippen molar-refractivity contribution in [2.45, 2.75) is 20.0 Å². The molecule has 6 heteroatoms. The number of hydrogen-bond donors (Lipinski definition) is 0. The van der Waals surface area contributed by atoms with Gasteiger partial charge in [0, 0.05) is 25.2 Å². The molecule has 2 rings (SSSR count). The number of nitrogens with zero attached hydrogens (tertiary/aromatic N) is 2. The highest BCUT2D eigenvalue weighted by atomic mass is 16.6. The van der Waals surface area contributed by atoms with Gasteiger partial charge in [0.25, 0.3) is 5.69 Å². The molecule has 0 aliphatic carbocycles. The molecule has 0 radical (unpaired) electrons. The van der Waals surface area contributed by atoms with Gasteiger partial charge in [0.05, 0.1) is 18.6 Å². The molecule has 0 aliphatic rings. The number of hydrogen-bond acceptors (Lipinski definition) is 5. The SMILES string of the molecule is CCOc1ccc(CN(C)Cc2ccc([N+](=O)[O-])cc2)cc1OC. The number of nitro benzene ring substituents is 1. The second-order valence-corrected chi connectivity index (χ2v) is 5.51. The van der Waals surface area contributed by atoms with Crippen molar-refractivity contribution in [1.82, 2.24) is 4.90 Å². The normalized spacial score (nSPS) is 10.7. The molecule has 0 unspecified atom stereocenters. The van der Waals surface area contributed by atoms with E-state index in [0.29, 0.717) is 13.2 Å². The fourth-order valence-electron chi connectivity index (χ4n) is 2.49. The maximum Gasteiger partial charge on any atom is 0.269 e. The molecular formula is C18H22N2O4. The standard InChI is InChI=1S/C18H22N2O4/c1-4-24-17-10-7-15(11-18(17)23-3)13-19(2)12-14-5-8-16(9-6-14)20(21)22/h5-11H,4,12-13H2,1-3H3. The summed E-state index contributed by atoms with van der Waals surface area (Å²) in [4.78, 5) is 12.4. The molecule has 0 bridgehead atoms. The molecular weight excluding hydrogens is 308 g/mol. The van der Waals surface area contributed by atoms with Crippen molar-refractivity contribution >= 4 is 5.69 Å². The van der Waals surface area contributed by atoms with Gasteiger partial charge in [-0.2, -0.15) is 0 Å². The maximum atomic E-state index is 10.7. The van der Waals surface area contributed by atoms with Crippen LogP contribution < -0.4 is 9.47 Å². The first-order chi connectivity index (χ1) is 11.5. The number of ether oxygens (including phenoxy) is 2. The Kier molecular flexibility index (Phi) is 6.14. The molecule has 0 amide bonds. The smallest absolute Gasteiger partial charge is 0.269 e. The molecule has 0 saturated carbocycles. The van der Waals surface area contributed by atoms with Crippen LogP contribution in [0.2, 0.25) is 0 Å². The lowest BCUT2D eigenvalue weighted by Crippen LogP contribution is -2.17. The molecule has 0 atom stereocenters. The summed E-state index contributed by atoms with van der Waals surface area (Å²) in [5, 5.41) is 10.7. The van der Waals surface area contributed by atoms with Gasteiger partial charge in [0.1, 0.15) is 0 Å². The molecule has 0 N–H and O–H groups in total. The quantitative estimate of drug-likeness (QED) is 0.546. The molecule has 0 fully saturated rings. The maximum absolute atomic E-state index is 10.7. The highest BCUT2D eigenvalue weighted by Gasteiger charge is 2.09. The van der Waals surface area contributed by atoms with Crippen LogP contribution in [0.3, 0.4) is 0 Å². The molecule has 0 saturated heterocycles. The highest BCUT2D eigenvalue weighted by Crippen LogP contribution is 2.28. The average molecular weight is 330 g/mol. The van der Waals surface area contributed by atoms with E-state index in [1.54, 1.807) is 19.2 Å². The van der Waals surface area contributed by atoms with Crippen LogP contribution in [0, 0.1) is 10.1 Å². The summed E-state index contributed by atoms with van der Waals surface area (Å²) in [7, 11) is 3.63. The van der Waals surface area contributed by atoms with Crippen LogP contribution in [0.25, 0.3) is 0 Å². The van der Waals surface area contributed by atoms with Gasteiger partial charge < -0.3 is 9.47 Å². The molecule has 2 aromatic rings. The van der Waals surface area contributed by atoms with Crippen molar-refractivity contribution < 1.29 is 14.4 Å². The van der Waals surface area contributed by atoms with Crippen molar-refractivity contribution in [1.29, 1.82) is 0 Å². The molecule has 0 aromatic heterocycles. The summed E-state index contributed by atoms with van der Waals surface area (Å²) in [6.45, 7) is 3.97. The number of rotatable bonds is 8. The predicted molar refractivity (Wildman–Crippen MR) is 92.4 cm³/mol. The summed E-state index contributed by atoms with van der Waals surface area (Å²) in [6, 6.07) is 12.5. The van der Waals surface area contributed by atoms with Gasteiger partial charge >= 0.3 is 0 Å². The van der Waals surface area contributed by atoms with Crippen LogP contribution in [0.15, 0.2) is 42.5 Å². The monoisotopic (exact) mass is 330 g/mol. The molecule has 0 heterocycles. The van der Waals surface area contributed by atoms with Gasteiger partial charge in [-0.05, 0) is 37.2 Å². The predicted octanol–water partition coefficient (Wildman–Crippen LogP) is 3.63. The first-order valence-electron chi connectivity index (χ1n) is 7.75. The Morgan fingerprint density at radius 1 is 1.04 bits per heavy atom. The Morgan fingerprint density at radius 3 is 2.25 bits per heavy atom. The van der Waals surface area contributed by atoms with E-state index in [1.807, 2.05) is 32.2 Å². The van der Waals surface area contributed by atoms with E-state index in [4.69, 9.17) is 9.47 Å². The van der Waals surface area contributed by atoms with Crippen LogP contribution >= 0.6 is 0 Å². The first-order valence-corrected chi connectivity index (χ1v) is 7.75. The number of non-ortho nitro benzene ring substituents is 1. The molecule has 0 spiro atoms. The van der Waals surface area contributed by atoms with Crippen molar-refractivity contribution in [2.75, 3.05) is 20.8 Å². The Morgan fingerprint density at radius 2 is 1.67 bits per heavy atom. The zero-order chi connectivity index (χ0) is 17.5. The van der Waals surface area contributed by atoms with E-state index < -0.39 is 0 Å². The van der Waals surface area contributed by atoms with E-state index in [1.165, 1.54) is 12.1 Å². The van der Waals surface area contributed by atoms with Gasteiger partial charge in [0.2, 0.25) is 0 Å². The van der Waals surface area contributed by atoms with Crippen molar-refractivity contribution in [3.8, 4) is 11.5 Å². The molecule has 2 aromatic carbocycles. The van der Waals surface area contributed by atoms with Crippen LogP contribution in [0.5, 0.6) is 11.5 Å². The van der Waals surface area contributed by atoms with Gasteiger partial charge in [-0.15, -0.1) is 0 Å². The van der Waals surface area contributed by atoms with E-state index in [-0.39, 0.29) is 10.6 Å². The summed E-state index contributed by atoms with van der Waals surface area (Å²) in [6.07, 6.45) is 0. The van der Waals surface area contributed by atoms with Crippen LogP contribution in [0.1, 0.15) is 18.1 Å². The zero-order valence-corrected chi connectivity index (χ0v) is 14.2. The number of benzene rings is 2. The molecule has 0 aliphatic heterocycles. The summed E-state index contributed by atoms with van der Waals surface area (Å²) in [5.41, 5.74) is 2.25. The summed E-state index contributed by atoms with van der Waals surface area (Å²) in [5.74, 6) is 1.46. The largest absolute Gasteiger partial charge is 0.493 e. The fraction of sp³-hybridized carbons (Fsp3) is 0.333. The van der Waals surface area contributed by atoms with Crippen molar-refractivity contribution in [3.63, 3.8) is 0 Å². The van der Waals surface area contributed by atoms with Crippen LogP contribution in [-0.2, 0) is 13.1 Å². The second-order valence-electron chi connectivity index (χ2n) is 5.51. The summed E-state index contributed by atoms with van der Waals surface area (Å²) < 4.78 is 10.9. The molecule has 128 valence electrons. The lowest BCUT2D eigenvalue weighted by atomic mass is 10.1. The first kappa shape index (κ1) is 17.7. The Hall–Kier alpha value is -2.60. The average Bonchev–Trinajstić information content (AvgIpc) is 2.56. The van der Waals surface area contributed by atoms with E-state index in [2.05, 4.69) is 4.90 Å². The molecule has 6 nitrogen and oxygen atoms in total. The topological polar surface area (TPSA) is 64.8 Å². The lowest BCUT2D eigenvalue weighted by Gasteiger charge is -2.18. The number of nitro groups is 1. The van der Waals surface area contributed by atoms with Crippen molar-refractivity contribution in [3.05, 3.63) is 63.7 Å². The summed E-state index contributed by atoms with van der Waals surface area (Å²) >= 11 is 0. The number of methoxy groups -OCH3 is 1. The van der Waals surface area contributed by atoms with Crippen molar-refractivity contribution in [2.24, 2.45) is 0 Å². The fourth-order valence-corrected chi connectivity index (χ4v) is 2.49. The lowest BCUT2D eigenvalue weighted by molar-refractivity contribution is -0.384. The Labute approximate surface area is 141 Å². The second kappa shape index (κ2) is 8.31. The minimum absolute atomic E-state index is 0.109. The van der Waals surface area contributed by atoms with Gasteiger partial charge in [-0.25, -0.2) is 0 Å².